The van der Waals surface area contributed by atoms with Crippen molar-refractivity contribution >= 4 is 26.4 Å². The SMILES string of the molecule is C=C1C(=O)[C@@]23[C@@H]4OC(C)(C)O[C@]25OC[C@]2(C=CCC(C)(C)[C@H]2[C@@H]5O)[C@@H]3CC[C@@H]14.C=C1C(=O)[C@@]23[C@@H]4OC(C)(C)O[C@]25OC[C@]2(C=C[C@H](O)C(C)(C)[C@H]2[C@@H]5O)[C@@H]3CC[C@@H]14.O=[Se]=O. The number of rotatable bonds is 0. The van der Waals surface area contributed by atoms with E-state index < -0.39 is 84.0 Å². The van der Waals surface area contributed by atoms with Gasteiger partial charge in [0.05, 0.1) is 31.5 Å². The fourth-order valence-electron chi connectivity index (χ4n) is 16.7. The zero-order chi connectivity index (χ0) is 43.4. The van der Waals surface area contributed by atoms with E-state index in [1.165, 1.54) is 0 Å². The molecule has 0 radical (unpaired) electrons. The van der Waals surface area contributed by atoms with Crippen molar-refractivity contribution in [2.45, 2.75) is 141 Å². The normalized spacial score (nSPS) is 55.0. The molecule has 0 unspecified atom stereocenters. The summed E-state index contributed by atoms with van der Waals surface area (Å²) >= 11 is -1.62. The molecule has 6 spiro atoms. The van der Waals surface area contributed by atoms with Gasteiger partial charge in [0.2, 0.25) is 11.6 Å². The summed E-state index contributed by atoms with van der Waals surface area (Å²) in [7, 11) is 0. The molecule has 14 rings (SSSR count). The summed E-state index contributed by atoms with van der Waals surface area (Å²) in [6.07, 6.45) is 9.27. The summed E-state index contributed by atoms with van der Waals surface area (Å²) in [6, 6.07) is 0. The molecule has 6 saturated carbocycles. The van der Waals surface area contributed by atoms with Crippen LogP contribution in [0.5, 0.6) is 0 Å². The van der Waals surface area contributed by atoms with E-state index in [-0.39, 0.29) is 64.0 Å². The topological polar surface area (TPSA) is 184 Å². The number of hydrogen-bond donors (Lipinski definition) is 3. The third-order valence-corrected chi connectivity index (χ3v) is 18.3. The first kappa shape index (κ1) is 42.0. The molecule has 0 aromatic carbocycles. The van der Waals surface area contributed by atoms with E-state index in [1.54, 1.807) is 0 Å². The Labute approximate surface area is 357 Å². The summed E-state index contributed by atoms with van der Waals surface area (Å²) in [6.45, 7) is 24.9. The molecule has 8 aliphatic carbocycles. The Kier molecular flexibility index (Phi) is 8.57. The fraction of sp³-hybridized carbons (Fsp3) is 0.783. The molecule has 17 atom stereocenters. The number of carbonyl (C=O) groups is 2. The molecule has 0 amide bonds. The number of fused-ring (bicyclic) bond motifs is 2. The molecule has 0 aromatic heterocycles. The summed E-state index contributed by atoms with van der Waals surface area (Å²) in [5.74, 6) is -5.36. The Bertz CT molecular complexity index is 2100. The molecule has 0 aromatic rings. The minimum atomic E-state index is -1.62. The van der Waals surface area contributed by atoms with E-state index in [2.05, 4.69) is 39.2 Å². The average Bonchev–Trinajstić information content (AvgIpc) is 3.34. The molecule has 328 valence electrons. The van der Waals surface area contributed by atoms with E-state index in [9.17, 15) is 24.9 Å². The van der Waals surface area contributed by atoms with Crippen LogP contribution in [-0.2, 0) is 45.7 Å². The first-order chi connectivity index (χ1) is 27.9. The maximum absolute atomic E-state index is 13.9. The van der Waals surface area contributed by atoms with Crippen molar-refractivity contribution in [1.29, 1.82) is 0 Å². The van der Waals surface area contributed by atoms with Crippen LogP contribution < -0.4 is 0 Å². The Morgan fingerprint density at radius 1 is 0.667 bits per heavy atom. The number of ether oxygens (including phenoxy) is 6. The number of carbonyl (C=O) groups excluding carboxylic acids is 2. The number of aliphatic hydroxyl groups excluding tert-OH is 3. The van der Waals surface area contributed by atoms with E-state index in [1.807, 2.05) is 53.7 Å². The van der Waals surface area contributed by atoms with E-state index in [0.29, 0.717) is 24.4 Å². The summed E-state index contributed by atoms with van der Waals surface area (Å²) in [5.41, 5.74) is -2.53. The quantitative estimate of drug-likeness (QED) is 0.178. The maximum atomic E-state index is 13.9. The van der Waals surface area contributed by atoms with Crippen molar-refractivity contribution in [2.24, 2.45) is 68.0 Å². The molecule has 13 nitrogen and oxygen atoms in total. The van der Waals surface area contributed by atoms with Gasteiger partial charge in [-0.1, -0.05) is 65.2 Å². The van der Waals surface area contributed by atoms with Crippen LogP contribution in [0, 0.1) is 68.0 Å². The fourth-order valence-corrected chi connectivity index (χ4v) is 16.7. The van der Waals surface area contributed by atoms with Gasteiger partial charge in [-0.15, -0.1) is 0 Å². The monoisotopic (exact) mass is 900 g/mol. The van der Waals surface area contributed by atoms with Gasteiger partial charge in [0.25, 0.3) is 0 Å². The Morgan fingerprint density at radius 2 is 1.10 bits per heavy atom. The third kappa shape index (κ3) is 4.33. The van der Waals surface area contributed by atoms with Crippen LogP contribution in [0.25, 0.3) is 0 Å². The zero-order valence-corrected chi connectivity index (χ0v) is 37.6. The Balaban J connectivity index is 0.000000136. The van der Waals surface area contributed by atoms with Crippen LogP contribution in [-0.4, -0.2) is 109 Å². The molecule has 3 N–H and O–H groups in total. The van der Waals surface area contributed by atoms with Gasteiger partial charge in [0, 0.05) is 39.9 Å². The molecule has 6 heterocycles. The van der Waals surface area contributed by atoms with E-state index in [4.69, 9.17) is 36.1 Å². The van der Waals surface area contributed by atoms with Crippen molar-refractivity contribution in [3.8, 4) is 0 Å². The van der Waals surface area contributed by atoms with Crippen LogP contribution in [0.1, 0.15) is 87.5 Å². The first-order valence-electron chi connectivity index (χ1n) is 21.7. The van der Waals surface area contributed by atoms with Crippen LogP contribution in [0.4, 0.5) is 0 Å². The molecule has 6 saturated heterocycles. The average molecular weight is 900 g/mol. The summed E-state index contributed by atoms with van der Waals surface area (Å²) in [5, 5.41) is 34.6. The number of hydrogen-bond acceptors (Lipinski definition) is 13. The van der Waals surface area contributed by atoms with Gasteiger partial charge in [-0.2, -0.15) is 0 Å². The second kappa shape index (κ2) is 12.2. The van der Waals surface area contributed by atoms with Crippen LogP contribution in [0.15, 0.2) is 48.6 Å². The molecule has 6 aliphatic heterocycles. The number of ketones is 2. The standard InChI is InChI=1S/C23H30O6.C23H30O5.O2Se/c1-11-12-6-7-13-21-9-8-14(24)19(2,3)15(21)17(26)23(27-10-21)22(13,16(11)25)18(12)28-20(4,5)29-23;1-12-13-7-8-14-21-10-6-9-19(2,3)15(21)17(25)23(26-11-21)22(14,16(12)24)18(13)27-20(4,5)28-23;1-3-2/h8-9,12-15,17-18,24,26H,1,6-7,10H2,2-5H3;6,10,13-15,17-18,25H,1,7-9,11H2,2-5H3;/t12-,13-,14-,15+,17-,18+,21+,22-,23-;13-,14-,15+,17-,18+,21+,22-,23-;/m00./s1. The minimum absolute atomic E-state index is 0.00569. The molecular formula is C46H60O13Se. The van der Waals surface area contributed by atoms with Gasteiger partial charge < -0.3 is 43.7 Å². The summed E-state index contributed by atoms with van der Waals surface area (Å²) < 4.78 is 55.6. The van der Waals surface area contributed by atoms with Crippen molar-refractivity contribution in [3.05, 3.63) is 48.6 Å². The van der Waals surface area contributed by atoms with E-state index >= 15 is 0 Å². The predicted octanol–water partition coefficient (Wildman–Crippen LogP) is 4.31. The van der Waals surface area contributed by atoms with Crippen molar-refractivity contribution in [2.75, 3.05) is 13.2 Å². The van der Waals surface area contributed by atoms with Gasteiger partial charge in [0.1, 0.15) is 23.0 Å². The van der Waals surface area contributed by atoms with Gasteiger partial charge in [-0.25, -0.2) is 0 Å². The zero-order valence-electron chi connectivity index (χ0n) is 35.9. The van der Waals surface area contributed by atoms with Gasteiger partial charge in [-0.3, -0.25) is 9.59 Å². The number of allylic oxidation sites excluding steroid dienone is 1. The van der Waals surface area contributed by atoms with Crippen molar-refractivity contribution in [3.63, 3.8) is 0 Å². The Morgan fingerprint density at radius 3 is 1.57 bits per heavy atom. The van der Waals surface area contributed by atoms with E-state index in [0.717, 1.165) is 32.1 Å². The molecular weight excluding hydrogens is 839 g/mol. The molecule has 14 heteroatoms. The second-order valence-electron chi connectivity index (χ2n) is 22.3. The molecule has 12 fully saturated rings. The first-order valence-corrected chi connectivity index (χ1v) is 23.1. The summed E-state index contributed by atoms with van der Waals surface area (Å²) in [4.78, 5) is 27.7. The van der Waals surface area contributed by atoms with Crippen LogP contribution in [0.2, 0.25) is 0 Å². The van der Waals surface area contributed by atoms with Gasteiger partial charge in [-0.05, 0) is 88.2 Å². The number of aliphatic hydroxyl groups is 3. The molecule has 14 aliphatic rings. The van der Waals surface area contributed by atoms with Crippen LogP contribution in [0.3, 0.4) is 0 Å². The predicted molar refractivity (Wildman–Crippen MR) is 210 cm³/mol. The van der Waals surface area contributed by atoms with Gasteiger partial charge >= 0.3 is 22.5 Å². The van der Waals surface area contributed by atoms with Crippen molar-refractivity contribution < 1.29 is 61.0 Å². The second-order valence-corrected chi connectivity index (χ2v) is 22.6. The van der Waals surface area contributed by atoms with Crippen LogP contribution >= 0.6 is 0 Å². The van der Waals surface area contributed by atoms with Gasteiger partial charge in [0.15, 0.2) is 23.1 Å². The number of Topliss-reactive ketones (excluding diaryl/α,β-unsaturated/α-hetero) is 2. The van der Waals surface area contributed by atoms with Crippen molar-refractivity contribution in [1.82, 2.24) is 0 Å². The third-order valence-electron chi connectivity index (χ3n) is 18.3. The Hall–Kier alpha value is -1.94. The molecule has 60 heavy (non-hydrogen) atoms. The molecule has 8 bridgehead atoms.